The Kier molecular flexibility index (Phi) is 7.44. The zero-order valence-electron chi connectivity index (χ0n) is 18.8. The second-order valence-corrected chi connectivity index (χ2v) is 10.4. The van der Waals surface area contributed by atoms with E-state index < -0.39 is 21.7 Å². The number of piperidine rings is 1. The lowest BCUT2D eigenvalue weighted by Crippen LogP contribution is -2.44. The molecule has 0 radical (unpaired) electrons. The van der Waals surface area contributed by atoms with Crippen molar-refractivity contribution < 1.29 is 31.3 Å². The molecule has 1 aromatic heterocycles. The molecule has 0 spiro atoms. The highest BCUT2D eigenvalue weighted by Crippen LogP contribution is 2.29. The van der Waals surface area contributed by atoms with Crippen LogP contribution in [0, 0.1) is 24.5 Å². The Bertz CT molecular complexity index is 1170. The molecule has 2 fully saturated rings. The number of ether oxygens (including phenoxy) is 1. The summed E-state index contributed by atoms with van der Waals surface area (Å²) in [6.45, 7) is 3.07. The molecule has 1 aromatic carbocycles. The molecule has 0 saturated carbocycles. The summed E-state index contributed by atoms with van der Waals surface area (Å²) in [5.74, 6) is -1.89. The van der Waals surface area contributed by atoms with Crippen molar-refractivity contribution in [3.63, 3.8) is 0 Å². The maximum atomic E-state index is 13.9. The summed E-state index contributed by atoms with van der Waals surface area (Å²) in [7, 11) is -3.96. The molecule has 1 N–H and O–H groups in total. The molecule has 1 amide bonds. The van der Waals surface area contributed by atoms with Gasteiger partial charge in [0.05, 0.1) is 6.10 Å². The second kappa shape index (κ2) is 10.3. The van der Waals surface area contributed by atoms with Crippen LogP contribution in [0.1, 0.15) is 42.7 Å². The topological polar surface area (TPSA) is 102 Å². The smallest absolute Gasteiger partial charge is 0.248 e. The lowest BCUT2D eigenvalue weighted by Gasteiger charge is -2.30. The van der Waals surface area contributed by atoms with Crippen molar-refractivity contribution in [1.82, 2.24) is 14.8 Å². The minimum atomic E-state index is -3.96. The normalized spacial score (nSPS) is 20.3. The van der Waals surface area contributed by atoms with E-state index in [4.69, 9.17) is 9.26 Å². The van der Waals surface area contributed by atoms with Crippen molar-refractivity contribution in [2.45, 2.75) is 43.6 Å². The highest BCUT2D eigenvalue weighted by atomic mass is 32.2. The molecule has 2 saturated heterocycles. The van der Waals surface area contributed by atoms with Crippen LogP contribution in [0.4, 0.5) is 8.78 Å². The van der Waals surface area contributed by atoms with Crippen LogP contribution < -0.4 is 5.32 Å². The van der Waals surface area contributed by atoms with E-state index in [1.54, 1.807) is 0 Å². The molecule has 2 aliphatic heterocycles. The fraction of sp³-hybridized carbons (Fsp3) is 0.478. The van der Waals surface area contributed by atoms with Crippen LogP contribution in [0.2, 0.25) is 0 Å². The van der Waals surface area contributed by atoms with E-state index in [0.717, 1.165) is 31.6 Å². The quantitative estimate of drug-likeness (QED) is 0.633. The fourth-order valence-corrected chi connectivity index (χ4v) is 5.97. The van der Waals surface area contributed by atoms with Gasteiger partial charge in [-0.05, 0) is 56.9 Å². The number of nitrogens with zero attached hydrogens (tertiary/aromatic N) is 2. The van der Waals surface area contributed by atoms with Gasteiger partial charge in [-0.1, -0.05) is 5.16 Å². The van der Waals surface area contributed by atoms with Gasteiger partial charge in [0.25, 0.3) is 0 Å². The van der Waals surface area contributed by atoms with Crippen molar-refractivity contribution in [2.75, 3.05) is 26.2 Å². The summed E-state index contributed by atoms with van der Waals surface area (Å²) in [6, 6.07) is 3.09. The lowest BCUT2D eigenvalue weighted by molar-refractivity contribution is -0.126. The number of halogens is 2. The Labute approximate surface area is 197 Å². The number of hydrogen-bond acceptors (Lipinski definition) is 6. The van der Waals surface area contributed by atoms with Gasteiger partial charge in [0.1, 0.15) is 17.3 Å². The van der Waals surface area contributed by atoms with Gasteiger partial charge in [0.15, 0.2) is 10.7 Å². The van der Waals surface area contributed by atoms with Gasteiger partial charge in [0, 0.05) is 43.8 Å². The highest BCUT2D eigenvalue weighted by Gasteiger charge is 2.36. The predicted molar refractivity (Wildman–Crippen MR) is 120 cm³/mol. The predicted octanol–water partition coefficient (Wildman–Crippen LogP) is 3.13. The van der Waals surface area contributed by atoms with Crippen LogP contribution in [0.5, 0.6) is 0 Å². The fourth-order valence-electron chi connectivity index (χ4n) is 4.25. The summed E-state index contributed by atoms with van der Waals surface area (Å²) >= 11 is 0. The summed E-state index contributed by atoms with van der Waals surface area (Å²) in [6.07, 6.45) is 5.37. The number of sulfonamides is 1. The Morgan fingerprint density at radius 3 is 2.68 bits per heavy atom. The molecule has 2 aliphatic rings. The molecule has 0 bridgehead atoms. The van der Waals surface area contributed by atoms with Gasteiger partial charge in [0.2, 0.25) is 15.9 Å². The first-order chi connectivity index (χ1) is 16.3. The van der Waals surface area contributed by atoms with Gasteiger partial charge < -0.3 is 14.6 Å². The monoisotopic (exact) mass is 495 g/mol. The van der Waals surface area contributed by atoms with Crippen LogP contribution in [0.15, 0.2) is 27.6 Å². The zero-order valence-corrected chi connectivity index (χ0v) is 19.6. The number of carbonyl (C=O) groups is 1. The molecule has 34 heavy (non-hydrogen) atoms. The van der Waals surface area contributed by atoms with Crippen molar-refractivity contribution in [1.29, 1.82) is 0 Å². The minimum Gasteiger partial charge on any atom is -0.376 e. The standard InChI is InChI=1S/C23H27F2N3O5S/c1-15-22(21(33-27-15)7-5-16-4-6-18(24)13-20(16)25)34(30,31)28-10-8-17(9-11-28)23(29)26-14-19-3-2-12-32-19/h4-7,13,17,19H,2-3,8-12,14H2,1H3,(H,26,29)/b7-5+/t19-/m1/s1. The lowest BCUT2D eigenvalue weighted by atomic mass is 9.97. The second-order valence-electron chi connectivity index (χ2n) is 8.52. The number of amides is 1. The average molecular weight is 496 g/mol. The number of carbonyl (C=O) groups excluding carboxylic acids is 1. The third-order valence-corrected chi connectivity index (χ3v) is 8.22. The minimum absolute atomic E-state index is 0.0438. The molecule has 1 atom stereocenters. The first-order valence-corrected chi connectivity index (χ1v) is 12.7. The van der Waals surface area contributed by atoms with Crippen LogP contribution in [-0.2, 0) is 19.6 Å². The van der Waals surface area contributed by atoms with Crippen LogP contribution in [0.25, 0.3) is 12.2 Å². The molecule has 8 nitrogen and oxygen atoms in total. The summed E-state index contributed by atoms with van der Waals surface area (Å²) < 4.78 is 65.7. The van der Waals surface area contributed by atoms with Crippen LogP contribution >= 0.6 is 0 Å². The molecular formula is C23H27F2N3O5S. The third-order valence-electron chi connectivity index (χ3n) is 6.16. The number of nitrogens with one attached hydrogen (secondary N) is 1. The summed E-state index contributed by atoms with van der Waals surface area (Å²) in [5, 5.41) is 6.68. The Morgan fingerprint density at radius 2 is 2.00 bits per heavy atom. The maximum Gasteiger partial charge on any atom is 0.248 e. The van der Waals surface area contributed by atoms with Crippen molar-refractivity contribution in [3.05, 3.63) is 46.9 Å². The molecule has 184 valence electrons. The van der Waals surface area contributed by atoms with Gasteiger partial charge in [-0.25, -0.2) is 17.2 Å². The number of benzene rings is 1. The van der Waals surface area contributed by atoms with Crippen molar-refractivity contribution in [3.8, 4) is 0 Å². The Morgan fingerprint density at radius 1 is 1.24 bits per heavy atom. The van der Waals surface area contributed by atoms with E-state index in [2.05, 4.69) is 10.5 Å². The van der Waals surface area contributed by atoms with E-state index in [-0.39, 0.29) is 52.9 Å². The van der Waals surface area contributed by atoms with E-state index in [0.29, 0.717) is 19.4 Å². The molecule has 11 heteroatoms. The number of aromatic nitrogens is 1. The van der Waals surface area contributed by atoms with Gasteiger partial charge in [-0.3, -0.25) is 4.79 Å². The number of hydrogen-bond donors (Lipinski definition) is 1. The SMILES string of the molecule is Cc1noc(/C=C/c2ccc(F)cc2F)c1S(=O)(=O)N1CCC(C(=O)NC[C@H]2CCCO2)CC1. The summed E-state index contributed by atoms with van der Waals surface area (Å²) in [5.41, 5.74) is 0.254. The first kappa shape index (κ1) is 24.5. The molecule has 2 aromatic rings. The number of rotatable bonds is 7. The average Bonchev–Trinajstić information content (AvgIpc) is 3.47. The summed E-state index contributed by atoms with van der Waals surface area (Å²) in [4.78, 5) is 12.4. The number of aryl methyl sites for hydroxylation is 1. The first-order valence-electron chi connectivity index (χ1n) is 11.2. The molecule has 0 unspecified atom stereocenters. The highest BCUT2D eigenvalue weighted by molar-refractivity contribution is 7.89. The van der Waals surface area contributed by atoms with E-state index in [9.17, 15) is 22.0 Å². The Hall–Kier alpha value is -2.63. The van der Waals surface area contributed by atoms with Crippen LogP contribution in [0.3, 0.4) is 0 Å². The van der Waals surface area contributed by atoms with Gasteiger partial charge >= 0.3 is 0 Å². The molecule has 4 rings (SSSR count). The Balaban J connectivity index is 1.42. The molecule has 3 heterocycles. The molecular weight excluding hydrogens is 468 g/mol. The largest absolute Gasteiger partial charge is 0.376 e. The maximum absolute atomic E-state index is 13.9. The van der Waals surface area contributed by atoms with E-state index >= 15 is 0 Å². The van der Waals surface area contributed by atoms with Crippen molar-refractivity contribution >= 4 is 28.1 Å². The molecule has 0 aliphatic carbocycles. The van der Waals surface area contributed by atoms with E-state index in [1.165, 1.54) is 29.4 Å². The zero-order chi connectivity index (χ0) is 24.3. The van der Waals surface area contributed by atoms with Crippen LogP contribution in [-0.4, -0.2) is 56.1 Å². The van der Waals surface area contributed by atoms with Crippen molar-refractivity contribution in [2.24, 2.45) is 5.92 Å². The van der Waals surface area contributed by atoms with E-state index in [1.807, 2.05) is 0 Å². The van der Waals surface area contributed by atoms with Gasteiger partial charge in [-0.15, -0.1) is 0 Å². The van der Waals surface area contributed by atoms with Gasteiger partial charge in [-0.2, -0.15) is 4.31 Å². The third kappa shape index (κ3) is 5.37.